The number of ether oxygens (including phenoxy) is 1. The molecule has 0 saturated carbocycles. The van der Waals surface area contributed by atoms with Gasteiger partial charge in [0.25, 0.3) is 0 Å². The first-order chi connectivity index (χ1) is 13.3. The molecule has 1 aromatic heterocycles. The molecule has 146 valence electrons. The average Bonchev–Trinajstić information content (AvgIpc) is 3.10. The minimum atomic E-state index is -0.358. The maximum Gasteiger partial charge on any atom is 0.319 e. The Balaban J connectivity index is 1.57. The number of urea groups is 1. The van der Waals surface area contributed by atoms with Crippen LogP contribution in [0.3, 0.4) is 0 Å². The van der Waals surface area contributed by atoms with E-state index in [4.69, 9.17) is 4.74 Å². The number of nitrogens with zero attached hydrogens (tertiary/aromatic N) is 1. The lowest BCUT2D eigenvalue weighted by atomic mass is 9.82. The van der Waals surface area contributed by atoms with Crippen LogP contribution >= 0.6 is 0 Å². The van der Waals surface area contributed by atoms with E-state index in [0.717, 1.165) is 16.5 Å². The van der Waals surface area contributed by atoms with Crippen LogP contribution in [0.25, 0.3) is 10.9 Å². The number of anilines is 1. The fourth-order valence-electron chi connectivity index (χ4n) is 3.50. The molecule has 2 unspecified atom stereocenters. The van der Waals surface area contributed by atoms with Crippen molar-refractivity contribution < 1.29 is 13.9 Å². The number of halogens is 1. The molecule has 2 heterocycles. The molecule has 28 heavy (non-hydrogen) atoms. The summed E-state index contributed by atoms with van der Waals surface area (Å²) in [6.07, 6.45) is 2.13. The van der Waals surface area contributed by atoms with Crippen LogP contribution in [0.2, 0.25) is 0 Å². The number of benzene rings is 2. The van der Waals surface area contributed by atoms with E-state index in [1.807, 2.05) is 18.2 Å². The first-order valence-electron chi connectivity index (χ1n) is 9.27. The van der Waals surface area contributed by atoms with Crippen molar-refractivity contribution in [3.63, 3.8) is 0 Å². The van der Waals surface area contributed by atoms with E-state index in [1.165, 1.54) is 12.1 Å². The van der Waals surface area contributed by atoms with Crippen molar-refractivity contribution in [2.24, 2.45) is 5.41 Å². The zero-order valence-electron chi connectivity index (χ0n) is 16.0. The van der Waals surface area contributed by atoms with Crippen molar-refractivity contribution in [2.45, 2.75) is 39.3 Å². The summed E-state index contributed by atoms with van der Waals surface area (Å²) < 4.78 is 19.8. The molecule has 0 bridgehead atoms. The van der Waals surface area contributed by atoms with Gasteiger partial charge in [-0.15, -0.1) is 0 Å². The minimum Gasteiger partial charge on any atom is -0.489 e. The second-order valence-corrected chi connectivity index (χ2v) is 8.18. The lowest BCUT2D eigenvalue weighted by Crippen LogP contribution is -2.42. The third kappa shape index (κ3) is 3.52. The van der Waals surface area contributed by atoms with Gasteiger partial charge in [-0.1, -0.05) is 32.9 Å². The number of aromatic nitrogens is 2. The van der Waals surface area contributed by atoms with E-state index in [1.54, 1.807) is 12.3 Å². The van der Waals surface area contributed by atoms with Crippen LogP contribution < -0.4 is 15.4 Å². The van der Waals surface area contributed by atoms with E-state index in [9.17, 15) is 9.18 Å². The first kappa shape index (κ1) is 18.3. The summed E-state index contributed by atoms with van der Waals surface area (Å²) in [7, 11) is 0. The van der Waals surface area contributed by atoms with Crippen LogP contribution in [0.15, 0.2) is 42.6 Å². The van der Waals surface area contributed by atoms with Gasteiger partial charge >= 0.3 is 6.03 Å². The van der Waals surface area contributed by atoms with Gasteiger partial charge in [0.15, 0.2) is 0 Å². The molecule has 1 aliphatic heterocycles. The number of carbonyl (C=O) groups excluding carboxylic acids is 1. The molecule has 2 aromatic carbocycles. The van der Waals surface area contributed by atoms with Gasteiger partial charge in [-0.25, -0.2) is 9.18 Å². The van der Waals surface area contributed by atoms with Crippen molar-refractivity contribution in [1.29, 1.82) is 0 Å². The average molecular weight is 382 g/mol. The van der Waals surface area contributed by atoms with Crippen LogP contribution in [0.5, 0.6) is 5.75 Å². The smallest absolute Gasteiger partial charge is 0.319 e. The number of aromatic amines is 1. The van der Waals surface area contributed by atoms with Gasteiger partial charge < -0.3 is 15.4 Å². The summed E-state index contributed by atoms with van der Waals surface area (Å²) in [5.74, 6) is 0.122. The summed E-state index contributed by atoms with van der Waals surface area (Å²) in [5.41, 5.74) is 2.14. The molecular formula is C21H23FN4O2. The van der Waals surface area contributed by atoms with E-state index >= 15 is 0 Å². The van der Waals surface area contributed by atoms with Crippen LogP contribution in [0.1, 0.15) is 38.8 Å². The highest BCUT2D eigenvalue weighted by atomic mass is 19.1. The Bertz CT molecular complexity index is 1020. The Hall–Kier alpha value is -3.09. The van der Waals surface area contributed by atoms with Gasteiger partial charge in [-0.2, -0.15) is 5.10 Å². The third-order valence-corrected chi connectivity index (χ3v) is 5.07. The lowest BCUT2D eigenvalue weighted by Gasteiger charge is -2.39. The highest BCUT2D eigenvalue weighted by Crippen LogP contribution is 2.40. The predicted molar refractivity (Wildman–Crippen MR) is 106 cm³/mol. The lowest BCUT2D eigenvalue weighted by molar-refractivity contribution is 0.0542. The Labute approximate surface area is 162 Å². The van der Waals surface area contributed by atoms with Gasteiger partial charge in [0, 0.05) is 23.4 Å². The quantitative estimate of drug-likeness (QED) is 0.598. The number of fused-ring (bicyclic) bond motifs is 2. The summed E-state index contributed by atoms with van der Waals surface area (Å²) in [5, 5.41) is 13.6. The van der Waals surface area contributed by atoms with E-state index in [2.05, 4.69) is 41.6 Å². The molecule has 4 rings (SSSR count). The monoisotopic (exact) mass is 382 g/mol. The van der Waals surface area contributed by atoms with Gasteiger partial charge in [0.05, 0.1) is 23.4 Å². The van der Waals surface area contributed by atoms with Crippen molar-refractivity contribution in [1.82, 2.24) is 15.5 Å². The first-order valence-corrected chi connectivity index (χ1v) is 9.27. The maximum atomic E-state index is 13.7. The highest BCUT2D eigenvalue weighted by molar-refractivity contribution is 6.00. The van der Waals surface area contributed by atoms with E-state index in [0.29, 0.717) is 17.9 Å². The Kier molecular flexibility index (Phi) is 4.45. The van der Waals surface area contributed by atoms with E-state index in [-0.39, 0.29) is 29.4 Å². The molecule has 2 amide bonds. The maximum absolute atomic E-state index is 13.7. The molecule has 0 radical (unpaired) electrons. The molecule has 3 N–H and O–H groups in total. The van der Waals surface area contributed by atoms with Crippen LogP contribution in [-0.2, 0) is 0 Å². The SMILES string of the molecule is CC(C)(C)C1CC(NC(=O)Nc2cccc3[nH]ncc23)c2ccc(F)cc2O1. The number of nitrogens with one attached hydrogen (secondary N) is 3. The number of hydrogen-bond acceptors (Lipinski definition) is 3. The normalized spacial score (nSPS) is 19.0. The fraction of sp³-hybridized carbons (Fsp3) is 0.333. The van der Waals surface area contributed by atoms with Crippen LogP contribution in [0, 0.1) is 11.2 Å². The van der Waals surface area contributed by atoms with Crippen molar-refractivity contribution >= 4 is 22.6 Å². The molecule has 0 spiro atoms. The molecule has 2 atom stereocenters. The minimum absolute atomic E-state index is 0.149. The topological polar surface area (TPSA) is 79.0 Å². The predicted octanol–water partition coefficient (Wildman–Crippen LogP) is 4.76. The number of hydrogen-bond donors (Lipinski definition) is 3. The van der Waals surface area contributed by atoms with Crippen molar-refractivity contribution in [3.05, 3.63) is 54.0 Å². The third-order valence-electron chi connectivity index (χ3n) is 5.07. The summed E-state index contributed by atoms with van der Waals surface area (Å²) in [4.78, 5) is 12.7. The summed E-state index contributed by atoms with van der Waals surface area (Å²) >= 11 is 0. The van der Waals surface area contributed by atoms with Gasteiger partial charge in [-0.3, -0.25) is 5.10 Å². The molecule has 3 aromatic rings. The second-order valence-electron chi connectivity index (χ2n) is 8.18. The molecule has 7 heteroatoms. The number of rotatable bonds is 2. The summed E-state index contributed by atoms with van der Waals surface area (Å²) in [6, 6.07) is 9.39. The number of carbonyl (C=O) groups is 1. The Morgan fingerprint density at radius 3 is 2.89 bits per heavy atom. The molecule has 6 nitrogen and oxygen atoms in total. The number of H-pyrrole nitrogens is 1. The van der Waals surface area contributed by atoms with Gasteiger partial charge in [0.1, 0.15) is 17.7 Å². The molecule has 0 fully saturated rings. The second kappa shape index (κ2) is 6.82. The molecule has 0 aliphatic carbocycles. The molecule has 1 aliphatic rings. The fourth-order valence-corrected chi connectivity index (χ4v) is 3.50. The Morgan fingerprint density at radius 1 is 1.29 bits per heavy atom. The highest BCUT2D eigenvalue weighted by Gasteiger charge is 2.36. The zero-order chi connectivity index (χ0) is 19.9. The van der Waals surface area contributed by atoms with E-state index < -0.39 is 0 Å². The van der Waals surface area contributed by atoms with Crippen LogP contribution in [-0.4, -0.2) is 22.3 Å². The van der Waals surface area contributed by atoms with Crippen molar-refractivity contribution in [2.75, 3.05) is 5.32 Å². The van der Waals surface area contributed by atoms with Gasteiger partial charge in [0.2, 0.25) is 0 Å². The standard InChI is InChI=1S/C21H23FN4O2/c1-21(2,3)19-10-17(13-8-7-12(22)9-18(13)28-19)25-20(27)24-15-5-4-6-16-14(15)11-23-26-16/h4-9,11,17,19H,10H2,1-3H3,(H,23,26)(H2,24,25,27). The molecular weight excluding hydrogens is 359 g/mol. The molecule has 0 saturated heterocycles. The van der Waals surface area contributed by atoms with Crippen molar-refractivity contribution in [3.8, 4) is 5.75 Å². The summed E-state index contributed by atoms with van der Waals surface area (Å²) in [6.45, 7) is 6.20. The zero-order valence-corrected chi connectivity index (χ0v) is 16.0. The van der Waals surface area contributed by atoms with Crippen LogP contribution in [0.4, 0.5) is 14.9 Å². The number of amides is 2. The largest absolute Gasteiger partial charge is 0.489 e. The van der Waals surface area contributed by atoms with Gasteiger partial charge in [-0.05, 0) is 23.6 Å². The Morgan fingerprint density at radius 2 is 2.11 bits per heavy atom.